The van der Waals surface area contributed by atoms with Crippen LogP contribution in [0.4, 0.5) is 0 Å². The third-order valence-electron chi connectivity index (χ3n) is 4.71. The number of hydrogen-bond acceptors (Lipinski definition) is 2. The van der Waals surface area contributed by atoms with E-state index in [0.29, 0.717) is 5.69 Å². The van der Waals surface area contributed by atoms with E-state index in [4.69, 9.17) is 0 Å². The lowest BCUT2D eigenvalue weighted by Gasteiger charge is -2.36. The smallest absolute Gasteiger partial charge is 0.272 e. The predicted molar refractivity (Wildman–Crippen MR) is 90.1 cm³/mol. The molecule has 21 heavy (non-hydrogen) atoms. The van der Waals surface area contributed by atoms with Crippen molar-refractivity contribution in [3.63, 3.8) is 0 Å². The van der Waals surface area contributed by atoms with Crippen molar-refractivity contribution < 1.29 is 0 Å². The molecule has 0 atom stereocenters. The monoisotopic (exact) mass is 348 g/mol. The van der Waals surface area contributed by atoms with Crippen LogP contribution in [0.5, 0.6) is 0 Å². The van der Waals surface area contributed by atoms with Gasteiger partial charge in [-0.1, -0.05) is 47.3 Å². The molecule has 2 aromatic rings. The Morgan fingerprint density at radius 2 is 1.95 bits per heavy atom. The lowest BCUT2D eigenvalue weighted by atomic mass is 9.75. The third kappa shape index (κ3) is 2.78. The number of halogens is 1. The molecule has 0 amide bonds. The second-order valence-electron chi connectivity index (χ2n) is 6.27. The van der Waals surface area contributed by atoms with Gasteiger partial charge in [0.25, 0.3) is 5.56 Å². The van der Waals surface area contributed by atoms with Gasteiger partial charge >= 0.3 is 0 Å². The first-order valence-corrected chi connectivity index (χ1v) is 8.80. The topological polar surface area (TPSA) is 34.9 Å². The van der Waals surface area contributed by atoms with Crippen LogP contribution in [0.15, 0.2) is 29.1 Å². The van der Waals surface area contributed by atoms with Gasteiger partial charge in [-0.2, -0.15) is 0 Å². The molecule has 0 spiro atoms. The first kappa shape index (κ1) is 14.8. The van der Waals surface area contributed by atoms with Crippen molar-refractivity contribution in [3.05, 3.63) is 40.3 Å². The van der Waals surface area contributed by atoms with Crippen molar-refractivity contribution in [2.45, 2.75) is 45.6 Å². The zero-order chi connectivity index (χ0) is 14.9. The van der Waals surface area contributed by atoms with Gasteiger partial charge in [-0.25, -0.2) is 4.98 Å². The number of nitrogens with zero attached hydrogens (tertiary/aromatic N) is 2. The molecule has 3 rings (SSSR count). The van der Waals surface area contributed by atoms with Gasteiger partial charge in [-0.3, -0.25) is 4.79 Å². The summed E-state index contributed by atoms with van der Waals surface area (Å²) in [6.07, 6.45) is 6.24. The molecule has 4 heteroatoms. The van der Waals surface area contributed by atoms with Gasteiger partial charge in [-0.15, -0.1) is 0 Å². The number of rotatable bonds is 3. The van der Waals surface area contributed by atoms with Crippen molar-refractivity contribution in [3.8, 4) is 0 Å². The summed E-state index contributed by atoms with van der Waals surface area (Å²) in [6.45, 7) is 2.61. The highest BCUT2D eigenvalue weighted by Crippen LogP contribution is 2.39. The van der Waals surface area contributed by atoms with Crippen molar-refractivity contribution in [1.29, 1.82) is 0 Å². The molecule has 0 radical (unpaired) electrons. The van der Waals surface area contributed by atoms with Crippen LogP contribution in [0.1, 0.15) is 37.8 Å². The van der Waals surface area contributed by atoms with Crippen molar-refractivity contribution >= 4 is 27.0 Å². The lowest BCUT2D eigenvalue weighted by Crippen LogP contribution is -2.36. The van der Waals surface area contributed by atoms with Gasteiger partial charge in [0.2, 0.25) is 0 Å². The maximum atomic E-state index is 12.6. The van der Waals surface area contributed by atoms with E-state index in [1.807, 2.05) is 35.8 Å². The van der Waals surface area contributed by atoms with Crippen molar-refractivity contribution in [2.75, 3.05) is 5.33 Å². The third-order valence-corrected chi connectivity index (χ3v) is 5.90. The summed E-state index contributed by atoms with van der Waals surface area (Å²) < 4.78 is 1.95. The van der Waals surface area contributed by atoms with Crippen LogP contribution in [0.2, 0.25) is 0 Å². The van der Waals surface area contributed by atoms with Crippen molar-refractivity contribution in [1.82, 2.24) is 9.55 Å². The summed E-state index contributed by atoms with van der Waals surface area (Å²) in [5, 5.41) is 0.960. The molecule has 0 aliphatic heterocycles. The van der Waals surface area contributed by atoms with E-state index in [9.17, 15) is 4.79 Å². The van der Waals surface area contributed by atoms with Crippen LogP contribution in [0, 0.1) is 12.3 Å². The van der Waals surface area contributed by atoms with Gasteiger partial charge < -0.3 is 4.57 Å². The maximum absolute atomic E-state index is 12.6. The van der Waals surface area contributed by atoms with Crippen molar-refractivity contribution in [2.24, 2.45) is 5.41 Å². The molecular formula is C17H21BrN2O. The van der Waals surface area contributed by atoms with E-state index in [1.165, 1.54) is 32.1 Å². The first-order valence-electron chi connectivity index (χ1n) is 7.67. The van der Waals surface area contributed by atoms with Gasteiger partial charge in [0.15, 0.2) is 0 Å². The number of benzene rings is 1. The van der Waals surface area contributed by atoms with Gasteiger partial charge in [0.05, 0.1) is 11.0 Å². The molecule has 1 aliphatic rings. The molecule has 0 saturated heterocycles. The molecular weight excluding hydrogens is 328 g/mol. The quantitative estimate of drug-likeness (QED) is 0.784. The molecule has 1 saturated carbocycles. The Kier molecular flexibility index (Phi) is 4.16. The number of para-hydroxylation sites is 2. The van der Waals surface area contributed by atoms with E-state index in [2.05, 4.69) is 20.9 Å². The highest BCUT2D eigenvalue weighted by molar-refractivity contribution is 9.09. The van der Waals surface area contributed by atoms with Crippen LogP contribution in [0.3, 0.4) is 0 Å². The molecule has 1 aromatic carbocycles. The Balaban J connectivity index is 2.11. The average molecular weight is 349 g/mol. The minimum Gasteiger partial charge on any atom is -0.305 e. The molecule has 1 aliphatic carbocycles. The SMILES string of the molecule is Cc1nc2ccccc2n(CC2(CBr)CCCCC2)c1=O. The maximum Gasteiger partial charge on any atom is 0.272 e. The number of aryl methyl sites for hydroxylation is 1. The molecule has 112 valence electrons. The predicted octanol–water partition coefficient (Wildman–Crippen LogP) is 4.05. The number of hydrogen-bond donors (Lipinski definition) is 0. The van der Waals surface area contributed by atoms with Gasteiger partial charge in [0, 0.05) is 11.9 Å². The summed E-state index contributed by atoms with van der Waals surface area (Å²) in [6, 6.07) is 7.95. The Bertz CT molecular complexity index is 701. The molecule has 1 aromatic heterocycles. The molecule has 3 nitrogen and oxygen atoms in total. The summed E-state index contributed by atoms with van der Waals surface area (Å²) >= 11 is 3.70. The molecule has 0 bridgehead atoms. The summed E-state index contributed by atoms with van der Waals surface area (Å²) in [4.78, 5) is 17.0. The summed E-state index contributed by atoms with van der Waals surface area (Å²) in [5.41, 5.74) is 2.72. The standard InChI is InChI=1S/C17H21BrN2O/c1-13-16(21)20(15-8-4-3-7-14(15)19-13)12-17(11-18)9-5-2-6-10-17/h3-4,7-8H,2,5-6,9-12H2,1H3. The second kappa shape index (κ2) is 5.91. The van der Waals surface area contributed by atoms with Gasteiger partial charge in [0.1, 0.15) is 5.69 Å². The molecule has 1 heterocycles. The largest absolute Gasteiger partial charge is 0.305 e. The fourth-order valence-electron chi connectivity index (χ4n) is 3.45. The second-order valence-corrected chi connectivity index (χ2v) is 6.83. The number of alkyl halides is 1. The summed E-state index contributed by atoms with van der Waals surface area (Å²) in [7, 11) is 0. The van der Waals surface area contributed by atoms with E-state index >= 15 is 0 Å². The van der Waals surface area contributed by atoms with Gasteiger partial charge in [-0.05, 0) is 37.3 Å². The number of aromatic nitrogens is 2. The minimum atomic E-state index is 0.0552. The Labute approximate surface area is 133 Å². The molecule has 0 unspecified atom stereocenters. The Morgan fingerprint density at radius 3 is 2.67 bits per heavy atom. The van der Waals surface area contributed by atoms with Crippen LogP contribution in [0.25, 0.3) is 11.0 Å². The molecule has 0 N–H and O–H groups in total. The Morgan fingerprint density at radius 1 is 1.24 bits per heavy atom. The van der Waals surface area contributed by atoms with E-state index in [0.717, 1.165) is 22.9 Å². The zero-order valence-electron chi connectivity index (χ0n) is 12.4. The first-order chi connectivity index (χ1) is 10.2. The average Bonchev–Trinajstić information content (AvgIpc) is 2.53. The fraction of sp³-hybridized carbons (Fsp3) is 0.529. The number of fused-ring (bicyclic) bond motifs is 1. The van der Waals surface area contributed by atoms with E-state index < -0.39 is 0 Å². The normalized spacial score (nSPS) is 18.0. The lowest BCUT2D eigenvalue weighted by molar-refractivity contribution is 0.191. The Hall–Kier alpha value is -1.16. The summed E-state index contributed by atoms with van der Waals surface area (Å²) in [5.74, 6) is 0. The van der Waals surface area contributed by atoms with Crippen LogP contribution >= 0.6 is 15.9 Å². The molecule has 1 fully saturated rings. The van der Waals surface area contributed by atoms with Crippen LogP contribution in [-0.2, 0) is 6.54 Å². The highest BCUT2D eigenvalue weighted by atomic mass is 79.9. The minimum absolute atomic E-state index is 0.0552. The van der Waals surface area contributed by atoms with E-state index in [1.54, 1.807) is 0 Å². The van der Waals surface area contributed by atoms with Crippen LogP contribution < -0.4 is 5.56 Å². The zero-order valence-corrected chi connectivity index (χ0v) is 14.0. The highest BCUT2D eigenvalue weighted by Gasteiger charge is 2.32. The van der Waals surface area contributed by atoms with E-state index in [-0.39, 0.29) is 11.0 Å². The van der Waals surface area contributed by atoms with Crippen LogP contribution in [-0.4, -0.2) is 14.9 Å². The fourth-order valence-corrected chi connectivity index (χ4v) is 4.19.